The molecule has 2 heteroatoms. The van der Waals surface area contributed by atoms with Gasteiger partial charge in [-0.05, 0) is 19.3 Å². The standard InChI is InChI=1S/C10H17O2/c1-2-3-4-5-6-7-8-9-12-10-11/h6-7H,2-5,8-9H2,1H3/b7-6+. The predicted octanol–water partition coefficient (Wildman–Crippen LogP) is 2.60. The van der Waals surface area contributed by atoms with Crippen molar-refractivity contribution >= 4 is 6.47 Å². The van der Waals surface area contributed by atoms with E-state index in [0.29, 0.717) is 6.61 Å². The zero-order chi connectivity index (χ0) is 9.07. The van der Waals surface area contributed by atoms with Crippen LogP contribution in [0, 0.1) is 0 Å². The van der Waals surface area contributed by atoms with Gasteiger partial charge in [-0.1, -0.05) is 31.9 Å². The molecule has 0 spiro atoms. The number of unbranched alkanes of at least 4 members (excludes halogenated alkanes) is 3. The smallest absolute Gasteiger partial charge is 0.417 e. The van der Waals surface area contributed by atoms with Crippen molar-refractivity contribution < 1.29 is 9.53 Å². The molecule has 0 aromatic rings. The van der Waals surface area contributed by atoms with E-state index in [4.69, 9.17) is 0 Å². The zero-order valence-corrected chi connectivity index (χ0v) is 7.71. The minimum absolute atomic E-state index is 0.452. The van der Waals surface area contributed by atoms with E-state index in [2.05, 4.69) is 17.7 Å². The average molecular weight is 169 g/mol. The molecule has 0 amide bonds. The topological polar surface area (TPSA) is 26.3 Å². The summed E-state index contributed by atoms with van der Waals surface area (Å²) in [6.45, 7) is 4.04. The van der Waals surface area contributed by atoms with Crippen molar-refractivity contribution in [3.8, 4) is 0 Å². The fourth-order valence-electron chi connectivity index (χ4n) is 0.917. The second-order valence-electron chi connectivity index (χ2n) is 2.69. The molecule has 12 heavy (non-hydrogen) atoms. The third kappa shape index (κ3) is 9.21. The summed E-state index contributed by atoms with van der Waals surface area (Å²) in [5.74, 6) is 0. The molecule has 0 aromatic carbocycles. The van der Waals surface area contributed by atoms with Gasteiger partial charge in [0.2, 0.25) is 0 Å². The van der Waals surface area contributed by atoms with Gasteiger partial charge in [-0.2, -0.15) is 0 Å². The molecule has 0 bridgehead atoms. The Balaban J connectivity index is 2.98. The maximum atomic E-state index is 9.61. The molecule has 69 valence electrons. The lowest BCUT2D eigenvalue weighted by Gasteiger charge is -1.92. The average Bonchev–Trinajstić information content (AvgIpc) is 2.10. The third-order valence-electron chi connectivity index (χ3n) is 1.59. The first kappa shape index (κ1) is 11.2. The molecule has 0 unspecified atom stereocenters. The first-order chi connectivity index (χ1) is 5.91. The van der Waals surface area contributed by atoms with Crippen LogP contribution in [0.15, 0.2) is 12.2 Å². The highest BCUT2D eigenvalue weighted by atomic mass is 16.5. The van der Waals surface area contributed by atoms with Crippen LogP contribution in [0.5, 0.6) is 0 Å². The zero-order valence-electron chi connectivity index (χ0n) is 7.71. The Morgan fingerprint density at radius 1 is 1.25 bits per heavy atom. The van der Waals surface area contributed by atoms with Gasteiger partial charge < -0.3 is 4.74 Å². The third-order valence-corrected chi connectivity index (χ3v) is 1.59. The monoisotopic (exact) mass is 169 g/mol. The summed E-state index contributed by atoms with van der Waals surface area (Å²) in [6, 6.07) is 0. The second-order valence-corrected chi connectivity index (χ2v) is 2.69. The van der Waals surface area contributed by atoms with Crippen LogP contribution in [0.1, 0.15) is 39.0 Å². The Hall–Kier alpha value is -0.790. The molecule has 0 aromatic heterocycles. The fourth-order valence-corrected chi connectivity index (χ4v) is 0.917. The maximum absolute atomic E-state index is 9.61. The van der Waals surface area contributed by atoms with Crippen LogP contribution in [-0.4, -0.2) is 13.1 Å². The highest BCUT2D eigenvalue weighted by Crippen LogP contribution is 1.99. The van der Waals surface area contributed by atoms with Gasteiger partial charge in [-0.3, -0.25) is 0 Å². The molecule has 0 fully saturated rings. The van der Waals surface area contributed by atoms with Crippen LogP contribution in [0.2, 0.25) is 0 Å². The number of rotatable bonds is 8. The molecular weight excluding hydrogens is 152 g/mol. The van der Waals surface area contributed by atoms with Crippen molar-refractivity contribution in [3.63, 3.8) is 0 Å². The number of allylic oxidation sites excluding steroid dienone is 1. The van der Waals surface area contributed by atoms with E-state index >= 15 is 0 Å². The summed E-state index contributed by atoms with van der Waals surface area (Å²) < 4.78 is 4.40. The van der Waals surface area contributed by atoms with Gasteiger partial charge in [-0.25, -0.2) is 4.79 Å². The number of ether oxygens (including phenoxy) is 1. The highest BCUT2D eigenvalue weighted by molar-refractivity contribution is 5.38. The van der Waals surface area contributed by atoms with E-state index in [1.165, 1.54) is 25.7 Å². The lowest BCUT2D eigenvalue weighted by atomic mass is 10.2. The summed E-state index contributed by atoms with van der Waals surface area (Å²) in [5.41, 5.74) is 0. The Kier molecular flexibility index (Phi) is 9.54. The Labute approximate surface area is 74.6 Å². The molecule has 0 heterocycles. The molecule has 1 radical (unpaired) electrons. The summed E-state index contributed by atoms with van der Waals surface area (Å²) in [7, 11) is 0. The molecule has 2 nitrogen and oxygen atoms in total. The first-order valence-corrected chi connectivity index (χ1v) is 4.55. The van der Waals surface area contributed by atoms with Crippen molar-refractivity contribution in [2.24, 2.45) is 0 Å². The van der Waals surface area contributed by atoms with Crippen molar-refractivity contribution in [1.29, 1.82) is 0 Å². The van der Waals surface area contributed by atoms with Crippen molar-refractivity contribution in [2.45, 2.75) is 39.0 Å². The fraction of sp³-hybridized carbons (Fsp3) is 0.700. The van der Waals surface area contributed by atoms with Gasteiger partial charge in [0.15, 0.2) is 0 Å². The molecule has 0 atom stereocenters. The first-order valence-electron chi connectivity index (χ1n) is 4.55. The van der Waals surface area contributed by atoms with Crippen LogP contribution in [0.3, 0.4) is 0 Å². The molecule has 0 rings (SSSR count). The van der Waals surface area contributed by atoms with Crippen LogP contribution in [-0.2, 0) is 9.53 Å². The van der Waals surface area contributed by atoms with Gasteiger partial charge in [0.25, 0.3) is 0 Å². The minimum atomic E-state index is 0.452. The molecule has 0 aliphatic carbocycles. The van der Waals surface area contributed by atoms with E-state index in [-0.39, 0.29) is 0 Å². The normalized spacial score (nSPS) is 10.4. The molecule has 0 saturated carbocycles. The Morgan fingerprint density at radius 2 is 2.00 bits per heavy atom. The van der Waals surface area contributed by atoms with E-state index in [9.17, 15) is 4.79 Å². The summed E-state index contributed by atoms with van der Waals surface area (Å²) >= 11 is 0. The second kappa shape index (κ2) is 10.2. The van der Waals surface area contributed by atoms with Crippen LogP contribution in [0.25, 0.3) is 0 Å². The van der Waals surface area contributed by atoms with E-state index in [0.717, 1.165) is 12.8 Å². The van der Waals surface area contributed by atoms with Gasteiger partial charge in [0.05, 0.1) is 6.61 Å². The van der Waals surface area contributed by atoms with Crippen LogP contribution >= 0.6 is 0 Å². The summed E-state index contributed by atoms with van der Waals surface area (Å²) in [5, 5.41) is 0. The Morgan fingerprint density at radius 3 is 2.67 bits per heavy atom. The van der Waals surface area contributed by atoms with Crippen LogP contribution < -0.4 is 0 Å². The van der Waals surface area contributed by atoms with Gasteiger partial charge in [0.1, 0.15) is 0 Å². The molecule has 0 N–H and O–H groups in total. The number of hydrogen-bond acceptors (Lipinski definition) is 2. The Bertz CT molecular complexity index is 119. The van der Waals surface area contributed by atoms with Gasteiger partial charge >= 0.3 is 6.47 Å². The molecule has 0 aliphatic heterocycles. The van der Waals surface area contributed by atoms with E-state index < -0.39 is 0 Å². The van der Waals surface area contributed by atoms with Crippen molar-refractivity contribution in [3.05, 3.63) is 12.2 Å². The SMILES string of the molecule is CCCCC/C=C/CCO[C]=O. The number of carbonyl (C=O) groups excluding carboxylic acids is 1. The van der Waals surface area contributed by atoms with Gasteiger partial charge in [0, 0.05) is 0 Å². The largest absolute Gasteiger partial charge is 0.457 e. The molecular formula is C10H17O2. The van der Waals surface area contributed by atoms with Crippen molar-refractivity contribution in [1.82, 2.24) is 0 Å². The van der Waals surface area contributed by atoms with Crippen LogP contribution in [0.4, 0.5) is 0 Å². The predicted molar refractivity (Wildman–Crippen MR) is 49.5 cm³/mol. The van der Waals surface area contributed by atoms with E-state index in [1.54, 1.807) is 0 Å². The van der Waals surface area contributed by atoms with Crippen molar-refractivity contribution in [2.75, 3.05) is 6.61 Å². The quantitative estimate of drug-likeness (QED) is 0.412. The molecule has 0 aliphatic rings. The molecule has 0 saturated heterocycles. The lowest BCUT2D eigenvalue weighted by Crippen LogP contribution is -1.87. The maximum Gasteiger partial charge on any atom is 0.417 e. The van der Waals surface area contributed by atoms with Gasteiger partial charge in [-0.15, -0.1) is 0 Å². The number of hydrogen-bond donors (Lipinski definition) is 0. The lowest BCUT2D eigenvalue weighted by molar-refractivity contribution is 0.284. The highest BCUT2D eigenvalue weighted by Gasteiger charge is 1.83. The minimum Gasteiger partial charge on any atom is -0.457 e. The summed E-state index contributed by atoms with van der Waals surface area (Å²) in [4.78, 5) is 9.61. The summed E-state index contributed by atoms with van der Waals surface area (Å²) in [6.07, 6.45) is 9.95. The van der Waals surface area contributed by atoms with E-state index in [1.807, 2.05) is 6.08 Å².